The lowest BCUT2D eigenvalue weighted by Crippen LogP contribution is -2.28. The van der Waals surface area contributed by atoms with Crippen molar-refractivity contribution in [2.24, 2.45) is 0 Å². The van der Waals surface area contributed by atoms with Gasteiger partial charge in [0.25, 0.3) is 5.91 Å². The lowest BCUT2D eigenvalue weighted by Gasteiger charge is -2.13. The number of carbonyl (C=O) groups excluding carboxylic acids is 2. The summed E-state index contributed by atoms with van der Waals surface area (Å²) in [5, 5.41) is 2.65. The molecule has 0 saturated heterocycles. The lowest BCUT2D eigenvalue weighted by atomic mass is 10.2. The van der Waals surface area contributed by atoms with Crippen molar-refractivity contribution >= 4 is 33.5 Å². The van der Waals surface area contributed by atoms with Gasteiger partial charge in [-0.3, -0.25) is 4.79 Å². The van der Waals surface area contributed by atoms with Crippen molar-refractivity contribution in [3.8, 4) is 0 Å². The summed E-state index contributed by atoms with van der Waals surface area (Å²) in [6.45, 7) is -0.207. The smallest absolute Gasteiger partial charge is 0.340 e. The molecule has 27 heavy (non-hydrogen) atoms. The number of carbonyl (C=O) groups is 2. The standard InChI is InChI=1S/C18H19ClN2O5S/c1-21(2)27(24,25)14-8-9-16(19)15(10-14)18(23)26-12-17(22)20-11-13-6-4-3-5-7-13/h3-10H,11-12H2,1-2H3,(H,20,22). The molecule has 0 saturated carbocycles. The predicted molar refractivity (Wildman–Crippen MR) is 101 cm³/mol. The zero-order chi connectivity index (χ0) is 20.0. The van der Waals surface area contributed by atoms with E-state index in [9.17, 15) is 18.0 Å². The van der Waals surface area contributed by atoms with Gasteiger partial charge in [-0.1, -0.05) is 41.9 Å². The van der Waals surface area contributed by atoms with Crippen molar-refractivity contribution < 1.29 is 22.7 Å². The van der Waals surface area contributed by atoms with Gasteiger partial charge in [0.2, 0.25) is 10.0 Å². The summed E-state index contributed by atoms with van der Waals surface area (Å²) in [6.07, 6.45) is 0. The number of ether oxygens (including phenoxy) is 1. The Morgan fingerprint density at radius 3 is 2.41 bits per heavy atom. The second kappa shape index (κ2) is 8.98. The van der Waals surface area contributed by atoms with Gasteiger partial charge in [-0.05, 0) is 23.8 Å². The largest absolute Gasteiger partial charge is 0.452 e. The molecular formula is C18H19ClN2O5S. The van der Waals surface area contributed by atoms with Crippen LogP contribution in [0.2, 0.25) is 5.02 Å². The molecule has 0 fully saturated rings. The summed E-state index contributed by atoms with van der Waals surface area (Å²) in [4.78, 5) is 23.9. The number of sulfonamides is 1. The number of halogens is 1. The third-order valence-electron chi connectivity index (χ3n) is 3.60. The summed E-state index contributed by atoms with van der Waals surface area (Å²) in [5.41, 5.74) is 0.775. The topological polar surface area (TPSA) is 92.8 Å². The molecule has 0 aliphatic carbocycles. The Morgan fingerprint density at radius 1 is 1.11 bits per heavy atom. The average Bonchev–Trinajstić information content (AvgIpc) is 2.65. The number of hydrogen-bond acceptors (Lipinski definition) is 5. The Morgan fingerprint density at radius 2 is 1.78 bits per heavy atom. The van der Waals surface area contributed by atoms with Crippen LogP contribution in [0, 0.1) is 0 Å². The quantitative estimate of drug-likeness (QED) is 0.705. The summed E-state index contributed by atoms with van der Waals surface area (Å²) in [6, 6.07) is 13.0. The van der Waals surface area contributed by atoms with Gasteiger partial charge in [0, 0.05) is 20.6 Å². The minimum absolute atomic E-state index is 0.0300. The highest BCUT2D eigenvalue weighted by Crippen LogP contribution is 2.22. The third-order valence-corrected chi connectivity index (χ3v) is 5.74. The molecule has 1 N–H and O–H groups in total. The number of hydrogen-bond donors (Lipinski definition) is 1. The molecule has 0 radical (unpaired) electrons. The highest BCUT2D eigenvalue weighted by Gasteiger charge is 2.21. The van der Waals surface area contributed by atoms with E-state index < -0.39 is 28.5 Å². The van der Waals surface area contributed by atoms with Gasteiger partial charge in [0.15, 0.2) is 6.61 Å². The fourth-order valence-corrected chi connectivity index (χ4v) is 3.21. The molecule has 0 aromatic heterocycles. The number of esters is 1. The molecule has 0 atom stereocenters. The molecule has 2 aromatic rings. The third kappa shape index (κ3) is 5.53. The molecule has 9 heteroatoms. The molecule has 0 spiro atoms. The fourth-order valence-electron chi connectivity index (χ4n) is 2.09. The van der Waals surface area contributed by atoms with Crippen molar-refractivity contribution in [1.29, 1.82) is 0 Å². The van der Waals surface area contributed by atoms with Crippen molar-refractivity contribution in [2.75, 3.05) is 20.7 Å². The highest BCUT2D eigenvalue weighted by molar-refractivity contribution is 7.89. The minimum Gasteiger partial charge on any atom is -0.452 e. The van der Waals surface area contributed by atoms with E-state index in [-0.39, 0.29) is 15.5 Å². The average molecular weight is 411 g/mol. The number of benzene rings is 2. The maximum absolute atomic E-state index is 12.2. The van der Waals surface area contributed by atoms with Gasteiger partial charge >= 0.3 is 5.97 Å². The zero-order valence-corrected chi connectivity index (χ0v) is 16.4. The number of rotatable bonds is 7. The van der Waals surface area contributed by atoms with Crippen molar-refractivity contribution in [3.05, 3.63) is 64.7 Å². The maximum atomic E-state index is 12.2. The van der Waals surface area contributed by atoms with E-state index in [0.717, 1.165) is 15.9 Å². The van der Waals surface area contributed by atoms with Crippen LogP contribution in [0.3, 0.4) is 0 Å². The maximum Gasteiger partial charge on any atom is 0.340 e. The van der Waals surface area contributed by atoms with E-state index in [4.69, 9.17) is 16.3 Å². The Balaban J connectivity index is 2.00. The van der Waals surface area contributed by atoms with Crippen LogP contribution in [0.5, 0.6) is 0 Å². The summed E-state index contributed by atoms with van der Waals surface area (Å²) >= 11 is 5.97. The number of amides is 1. The first kappa shape index (κ1) is 20.9. The minimum atomic E-state index is -3.73. The molecule has 0 aliphatic rings. The monoisotopic (exact) mass is 410 g/mol. The van der Waals surface area contributed by atoms with Crippen LogP contribution < -0.4 is 5.32 Å². The van der Waals surface area contributed by atoms with Gasteiger partial charge in [-0.25, -0.2) is 17.5 Å². The Kier molecular flexibility index (Phi) is 6.95. The van der Waals surface area contributed by atoms with Gasteiger partial charge in [0.05, 0.1) is 15.5 Å². The van der Waals surface area contributed by atoms with E-state index in [1.54, 1.807) is 0 Å². The van der Waals surface area contributed by atoms with E-state index in [2.05, 4.69) is 5.32 Å². The number of nitrogens with one attached hydrogen (secondary N) is 1. The predicted octanol–water partition coefficient (Wildman–Crippen LogP) is 2.06. The molecule has 0 heterocycles. The van der Waals surface area contributed by atoms with Crippen molar-refractivity contribution in [1.82, 2.24) is 9.62 Å². The number of nitrogens with zero attached hydrogens (tertiary/aromatic N) is 1. The summed E-state index contributed by atoms with van der Waals surface area (Å²) in [5.74, 6) is -1.37. The van der Waals surface area contributed by atoms with E-state index in [0.29, 0.717) is 6.54 Å². The Labute approximate surface area is 162 Å². The van der Waals surface area contributed by atoms with E-state index in [1.165, 1.54) is 26.2 Å². The molecule has 0 unspecified atom stereocenters. The molecule has 7 nitrogen and oxygen atoms in total. The molecule has 144 valence electrons. The molecular weight excluding hydrogens is 392 g/mol. The van der Waals surface area contributed by atoms with Crippen LogP contribution in [-0.4, -0.2) is 45.3 Å². The van der Waals surface area contributed by atoms with Gasteiger partial charge in [-0.15, -0.1) is 0 Å². The van der Waals surface area contributed by atoms with Gasteiger partial charge in [-0.2, -0.15) is 0 Å². The first-order valence-electron chi connectivity index (χ1n) is 7.91. The zero-order valence-electron chi connectivity index (χ0n) is 14.8. The van der Waals surface area contributed by atoms with Gasteiger partial charge in [0.1, 0.15) is 0 Å². The Bertz CT molecular complexity index is 930. The second-order valence-corrected chi connectivity index (χ2v) is 8.33. The van der Waals surface area contributed by atoms with Crippen LogP contribution in [0.25, 0.3) is 0 Å². The summed E-state index contributed by atoms with van der Waals surface area (Å²) < 4.78 is 30.3. The summed E-state index contributed by atoms with van der Waals surface area (Å²) in [7, 11) is -0.985. The fraction of sp³-hybridized carbons (Fsp3) is 0.222. The molecule has 2 aromatic carbocycles. The van der Waals surface area contributed by atoms with Crippen LogP contribution in [0.1, 0.15) is 15.9 Å². The molecule has 2 rings (SSSR count). The van der Waals surface area contributed by atoms with Crippen LogP contribution in [0.15, 0.2) is 53.4 Å². The van der Waals surface area contributed by atoms with E-state index in [1.807, 2.05) is 30.3 Å². The van der Waals surface area contributed by atoms with Crippen LogP contribution in [-0.2, 0) is 26.1 Å². The molecule has 1 amide bonds. The van der Waals surface area contributed by atoms with Gasteiger partial charge < -0.3 is 10.1 Å². The second-order valence-electron chi connectivity index (χ2n) is 5.77. The first-order chi connectivity index (χ1) is 12.7. The van der Waals surface area contributed by atoms with Crippen molar-refractivity contribution in [2.45, 2.75) is 11.4 Å². The van der Waals surface area contributed by atoms with Crippen LogP contribution >= 0.6 is 11.6 Å². The van der Waals surface area contributed by atoms with Crippen molar-refractivity contribution in [3.63, 3.8) is 0 Å². The molecule has 0 bridgehead atoms. The Hall–Kier alpha value is -2.42. The van der Waals surface area contributed by atoms with Crippen LogP contribution in [0.4, 0.5) is 0 Å². The first-order valence-corrected chi connectivity index (χ1v) is 9.73. The molecule has 0 aliphatic heterocycles. The lowest BCUT2D eigenvalue weighted by molar-refractivity contribution is -0.124. The highest BCUT2D eigenvalue weighted by atomic mass is 35.5. The normalized spacial score (nSPS) is 11.3. The SMILES string of the molecule is CN(C)S(=O)(=O)c1ccc(Cl)c(C(=O)OCC(=O)NCc2ccccc2)c1. The van der Waals surface area contributed by atoms with E-state index >= 15 is 0 Å².